The molecule has 0 radical (unpaired) electrons. The molecule has 5 rings (SSSR count). The van der Waals surface area contributed by atoms with E-state index in [9.17, 15) is 4.79 Å². The monoisotopic (exact) mass is 414 g/mol. The fraction of sp³-hybridized carbons (Fsp3) is 0.0345. The topological polar surface area (TPSA) is 42.0 Å². The molecule has 3 heteroatoms. The van der Waals surface area contributed by atoms with E-state index in [0.717, 1.165) is 44.3 Å². The molecule has 154 valence electrons. The Hall–Kier alpha value is -4.24. The number of rotatable bonds is 4. The second kappa shape index (κ2) is 8.48. The minimum atomic E-state index is -0.123. The zero-order valence-electron chi connectivity index (χ0n) is 17.7. The molecule has 0 saturated carbocycles. The van der Waals surface area contributed by atoms with Gasteiger partial charge in [-0.2, -0.15) is 0 Å². The first-order chi connectivity index (χ1) is 15.7. The lowest BCUT2D eigenvalue weighted by molar-refractivity contribution is 0.102. The zero-order chi connectivity index (χ0) is 21.9. The molecule has 1 N–H and O–H groups in total. The Balaban J connectivity index is 1.48. The highest BCUT2D eigenvalue weighted by Gasteiger charge is 2.13. The number of carbonyl (C=O) groups is 1. The van der Waals surface area contributed by atoms with E-state index in [0.29, 0.717) is 5.56 Å². The van der Waals surface area contributed by atoms with Crippen molar-refractivity contribution in [1.82, 2.24) is 4.98 Å². The molecule has 4 aromatic carbocycles. The van der Waals surface area contributed by atoms with Crippen LogP contribution < -0.4 is 5.32 Å². The lowest BCUT2D eigenvalue weighted by Crippen LogP contribution is -2.13. The summed E-state index contributed by atoms with van der Waals surface area (Å²) in [6.07, 6.45) is 3.68. The van der Waals surface area contributed by atoms with Crippen molar-refractivity contribution in [2.75, 3.05) is 5.32 Å². The van der Waals surface area contributed by atoms with E-state index in [2.05, 4.69) is 35.4 Å². The maximum Gasteiger partial charge on any atom is 0.256 e. The van der Waals surface area contributed by atoms with Crippen molar-refractivity contribution in [3.8, 4) is 22.3 Å². The average molecular weight is 415 g/mol. The maximum absolute atomic E-state index is 13.2. The first-order valence-corrected chi connectivity index (χ1v) is 10.6. The molecule has 0 unspecified atom stereocenters. The SMILES string of the molecule is Cc1ccc(NC(=O)c2ccccc2-c2ccccc2)cc1-c1ccc2ccncc2c1. The van der Waals surface area contributed by atoms with Crippen LogP contribution in [0.4, 0.5) is 5.69 Å². The van der Waals surface area contributed by atoms with E-state index in [1.165, 1.54) is 0 Å². The molecular formula is C29H22N2O. The van der Waals surface area contributed by atoms with Crippen LogP contribution in [0.25, 0.3) is 33.0 Å². The minimum Gasteiger partial charge on any atom is -0.322 e. The van der Waals surface area contributed by atoms with Crippen molar-refractivity contribution in [3.63, 3.8) is 0 Å². The molecule has 1 aromatic heterocycles. The Morgan fingerprint density at radius 3 is 2.41 bits per heavy atom. The summed E-state index contributed by atoms with van der Waals surface area (Å²) in [4.78, 5) is 17.4. The number of hydrogen-bond acceptors (Lipinski definition) is 2. The van der Waals surface area contributed by atoms with Gasteiger partial charge in [-0.3, -0.25) is 9.78 Å². The molecule has 1 heterocycles. The Labute approximate surface area is 187 Å². The van der Waals surface area contributed by atoms with Crippen LogP contribution >= 0.6 is 0 Å². The molecule has 0 bridgehead atoms. The van der Waals surface area contributed by atoms with Crippen molar-refractivity contribution in [2.24, 2.45) is 0 Å². The molecule has 0 fully saturated rings. The van der Waals surface area contributed by atoms with Crippen molar-refractivity contribution in [2.45, 2.75) is 6.92 Å². The van der Waals surface area contributed by atoms with E-state index in [-0.39, 0.29) is 5.91 Å². The summed E-state index contributed by atoms with van der Waals surface area (Å²) < 4.78 is 0. The standard InChI is InChI=1S/C29H22N2O/c1-20-11-14-25(18-28(20)23-13-12-21-15-16-30-19-24(21)17-23)31-29(32)27-10-6-5-9-26(27)22-7-3-2-4-8-22/h2-19H,1H3,(H,31,32). The molecule has 5 aromatic rings. The van der Waals surface area contributed by atoms with Crippen LogP contribution in [0.1, 0.15) is 15.9 Å². The first kappa shape index (κ1) is 19.7. The normalized spacial score (nSPS) is 10.8. The number of carbonyl (C=O) groups excluding carboxylic acids is 1. The van der Waals surface area contributed by atoms with Gasteiger partial charge in [0.2, 0.25) is 0 Å². The third-order valence-corrected chi connectivity index (χ3v) is 5.70. The van der Waals surface area contributed by atoms with Crippen molar-refractivity contribution in [3.05, 3.63) is 121 Å². The number of hydrogen-bond donors (Lipinski definition) is 1. The lowest BCUT2D eigenvalue weighted by Gasteiger charge is -2.13. The minimum absolute atomic E-state index is 0.123. The average Bonchev–Trinajstić information content (AvgIpc) is 2.85. The summed E-state index contributed by atoms with van der Waals surface area (Å²) in [5.41, 5.74) is 6.69. The second-order valence-electron chi connectivity index (χ2n) is 7.83. The highest BCUT2D eigenvalue weighted by Crippen LogP contribution is 2.30. The van der Waals surface area contributed by atoms with Gasteiger partial charge in [0.05, 0.1) is 0 Å². The number of nitrogens with zero attached hydrogens (tertiary/aromatic N) is 1. The molecule has 0 spiro atoms. The van der Waals surface area contributed by atoms with Crippen LogP contribution in [0.5, 0.6) is 0 Å². The summed E-state index contributed by atoms with van der Waals surface area (Å²) in [6.45, 7) is 2.08. The van der Waals surface area contributed by atoms with Crippen LogP contribution in [0.2, 0.25) is 0 Å². The van der Waals surface area contributed by atoms with Gasteiger partial charge in [0.1, 0.15) is 0 Å². The second-order valence-corrected chi connectivity index (χ2v) is 7.83. The number of fused-ring (bicyclic) bond motifs is 1. The fourth-order valence-electron chi connectivity index (χ4n) is 4.01. The summed E-state index contributed by atoms with van der Waals surface area (Å²) in [7, 11) is 0. The largest absolute Gasteiger partial charge is 0.322 e. The van der Waals surface area contributed by atoms with Crippen molar-refractivity contribution < 1.29 is 4.79 Å². The Morgan fingerprint density at radius 1 is 0.719 bits per heavy atom. The molecule has 3 nitrogen and oxygen atoms in total. The van der Waals surface area contributed by atoms with Crippen molar-refractivity contribution >= 4 is 22.4 Å². The van der Waals surface area contributed by atoms with E-state index < -0.39 is 0 Å². The van der Waals surface area contributed by atoms with Gasteiger partial charge in [-0.15, -0.1) is 0 Å². The molecule has 1 amide bonds. The van der Waals surface area contributed by atoms with Gasteiger partial charge in [0.25, 0.3) is 5.91 Å². The third kappa shape index (κ3) is 3.88. The van der Waals surface area contributed by atoms with E-state index in [1.807, 2.05) is 85.1 Å². The molecule has 0 aliphatic heterocycles. The van der Waals surface area contributed by atoms with Gasteiger partial charge in [-0.1, -0.05) is 66.7 Å². The number of pyridine rings is 1. The molecule has 0 aliphatic carbocycles. The van der Waals surface area contributed by atoms with Gasteiger partial charge < -0.3 is 5.32 Å². The quantitative estimate of drug-likeness (QED) is 0.340. The smallest absolute Gasteiger partial charge is 0.256 e. The van der Waals surface area contributed by atoms with Crippen LogP contribution in [-0.4, -0.2) is 10.9 Å². The number of nitrogens with one attached hydrogen (secondary N) is 1. The number of amides is 1. The van der Waals surface area contributed by atoms with Crippen LogP contribution in [0.15, 0.2) is 109 Å². The maximum atomic E-state index is 13.2. The zero-order valence-corrected chi connectivity index (χ0v) is 17.7. The molecule has 0 atom stereocenters. The Kier molecular flexibility index (Phi) is 5.22. The number of aryl methyl sites for hydroxylation is 1. The third-order valence-electron chi connectivity index (χ3n) is 5.70. The summed E-state index contributed by atoms with van der Waals surface area (Å²) >= 11 is 0. The molecule has 32 heavy (non-hydrogen) atoms. The Morgan fingerprint density at radius 2 is 1.53 bits per heavy atom. The van der Waals surface area contributed by atoms with Crippen molar-refractivity contribution in [1.29, 1.82) is 0 Å². The summed E-state index contributed by atoms with van der Waals surface area (Å²) in [5, 5.41) is 5.34. The highest BCUT2D eigenvalue weighted by atomic mass is 16.1. The first-order valence-electron chi connectivity index (χ1n) is 10.6. The molecule has 0 aliphatic rings. The fourth-order valence-corrected chi connectivity index (χ4v) is 4.01. The summed E-state index contributed by atoms with van der Waals surface area (Å²) in [6, 6.07) is 32.1. The predicted octanol–water partition coefficient (Wildman–Crippen LogP) is 7.13. The Bertz CT molecular complexity index is 1420. The van der Waals surface area contributed by atoms with E-state index in [1.54, 1.807) is 6.20 Å². The van der Waals surface area contributed by atoms with Gasteiger partial charge in [0.15, 0.2) is 0 Å². The lowest BCUT2D eigenvalue weighted by atomic mass is 9.97. The van der Waals surface area contributed by atoms with Crippen LogP contribution in [0.3, 0.4) is 0 Å². The summed E-state index contributed by atoms with van der Waals surface area (Å²) in [5.74, 6) is -0.123. The van der Waals surface area contributed by atoms with E-state index >= 15 is 0 Å². The van der Waals surface area contributed by atoms with Gasteiger partial charge >= 0.3 is 0 Å². The number of benzene rings is 4. The number of anilines is 1. The molecule has 0 saturated heterocycles. The van der Waals surface area contributed by atoms with Gasteiger partial charge in [0, 0.05) is 29.0 Å². The molecular weight excluding hydrogens is 392 g/mol. The van der Waals surface area contributed by atoms with Crippen LogP contribution in [0, 0.1) is 6.92 Å². The predicted molar refractivity (Wildman–Crippen MR) is 132 cm³/mol. The van der Waals surface area contributed by atoms with Gasteiger partial charge in [-0.05, 0) is 70.5 Å². The van der Waals surface area contributed by atoms with Crippen LogP contribution in [-0.2, 0) is 0 Å². The number of aromatic nitrogens is 1. The van der Waals surface area contributed by atoms with Gasteiger partial charge in [-0.25, -0.2) is 0 Å². The van der Waals surface area contributed by atoms with E-state index in [4.69, 9.17) is 0 Å². The highest BCUT2D eigenvalue weighted by molar-refractivity contribution is 6.09.